The molecule has 0 saturated carbocycles. The Morgan fingerprint density at radius 1 is 1.50 bits per heavy atom. The van der Waals surface area contributed by atoms with Crippen molar-refractivity contribution in [2.45, 2.75) is 0 Å². The third-order valence-electron chi connectivity index (χ3n) is 0.935. The Bertz CT molecular complexity index is 154. The van der Waals surface area contributed by atoms with Crippen molar-refractivity contribution >= 4 is 21.7 Å². The van der Waals surface area contributed by atoms with Crippen LogP contribution in [-0.2, 0) is 0 Å². The van der Waals surface area contributed by atoms with Gasteiger partial charge in [0, 0.05) is 11.8 Å². The molecule has 0 radical (unpaired) electrons. The van der Waals surface area contributed by atoms with Gasteiger partial charge >= 0.3 is 0 Å². The Kier molecular flexibility index (Phi) is 2.05. The lowest BCUT2D eigenvalue weighted by molar-refractivity contribution is 1.39. The van der Waals surface area contributed by atoms with Crippen LogP contribution in [0.5, 0.6) is 0 Å². The molecule has 1 aromatic rings. The van der Waals surface area contributed by atoms with Gasteiger partial charge in [-0.05, 0) is 12.1 Å². The maximum atomic E-state index is 4.08. The van der Waals surface area contributed by atoms with Gasteiger partial charge in [0.2, 0.25) is 7.00 Å². The maximum absolute atomic E-state index is 4.08. The Hall–Kier alpha value is -0.355. The number of pyridine rings is 1. The Morgan fingerprint density at radius 2 is 2.38 bits per heavy atom. The molecule has 0 N–H and O–H groups in total. The van der Waals surface area contributed by atoms with Gasteiger partial charge in [-0.15, -0.1) is 0 Å². The lowest BCUT2D eigenvalue weighted by Crippen LogP contribution is -2.10. The van der Waals surface area contributed by atoms with Gasteiger partial charge in [-0.1, -0.05) is 6.07 Å². The molecule has 0 saturated heterocycles. The summed E-state index contributed by atoms with van der Waals surface area (Å²) in [7, 11) is 2.63. The summed E-state index contributed by atoms with van der Waals surface area (Å²) in [5.74, 6) is 0. The topological polar surface area (TPSA) is 12.9 Å². The third kappa shape index (κ3) is 1.31. The first-order valence-electron chi connectivity index (χ1n) is 2.53. The van der Waals surface area contributed by atoms with E-state index in [2.05, 4.69) is 14.1 Å². The van der Waals surface area contributed by atoms with E-state index in [1.54, 1.807) is 6.20 Å². The van der Waals surface area contributed by atoms with E-state index in [9.17, 15) is 0 Å². The van der Waals surface area contributed by atoms with Gasteiger partial charge in [0.15, 0.2) is 0 Å². The van der Waals surface area contributed by atoms with Crippen molar-refractivity contribution in [3.05, 3.63) is 24.4 Å². The molecule has 3 heteroatoms. The predicted molar refractivity (Wildman–Crippen MR) is 40.7 cm³/mol. The molecule has 1 heterocycles. The molecule has 1 nitrogen and oxygen atoms in total. The molecular weight excluding hydrogens is 116 g/mol. The highest BCUT2D eigenvalue weighted by Crippen LogP contribution is 1.78. The first kappa shape index (κ1) is 5.78. The number of aromatic nitrogens is 1. The largest absolute Gasteiger partial charge is 0.271 e. The van der Waals surface area contributed by atoms with Crippen molar-refractivity contribution in [3.63, 3.8) is 0 Å². The van der Waals surface area contributed by atoms with Gasteiger partial charge in [-0.3, -0.25) is 4.98 Å². The lowest BCUT2D eigenvalue weighted by Gasteiger charge is -1.87. The average molecular weight is 123 g/mol. The monoisotopic (exact) mass is 123 g/mol. The lowest BCUT2D eigenvalue weighted by atomic mass is 10.0. The minimum Gasteiger partial charge on any atom is -0.271 e. The third-order valence-corrected chi connectivity index (χ3v) is 1.35. The molecule has 1 aromatic heterocycles. The van der Waals surface area contributed by atoms with Crippen molar-refractivity contribution in [3.8, 4) is 0 Å². The van der Waals surface area contributed by atoms with Gasteiger partial charge < -0.3 is 0 Å². The Morgan fingerprint density at radius 3 is 2.75 bits per heavy atom. The first-order valence-corrected chi connectivity index (χ1v) is 3.35. The Labute approximate surface area is 51.9 Å². The fourth-order valence-electron chi connectivity index (χ4n) is 0.519. The highest BCUT2D eigenvalue weighted by atomic mass is 31.0. The zero-order valence-electron chi connectivity index (χ0n) is 4.54. The van der Waals surface area contributed by atoms with Crippen LogP contribution in [0.4, 0.5) is 0 Å². The number of hydrogen-bond acceptors (Lipinski definition) is 1. The van der Waals surface area contributed by atoms with Crippen molar-refractivity contribution in [2.75, 3.05) is 0 Å². The van der Waals surface area contributed by atoms with Gasteiger partial charge in [0.05, 0.1) is 0 Å². The molecule has 0 spiro atoms. The standard InChI is InChI=1S/C5H7BNP/c8-6-5-3-1-2-4-7-5/h1-4,6H,8H2. The maximum Gasteiger partial charge on any atom is 0.204 e. The van der Waals surface area contributed by atoms with Crippen LogP contribution in [0.25, 0.3) is 0 Å². The summed E-state index contributed by atoms with van der Waals surface area (Å²) >= 11 is 0. The van der Waals surface area contributed by atoms with E-state index >= 15 is 0 Å². The molecular formula is C5H7BNP. The van der Waals surface area contributed by atoms with Crippen LogP contribution in [0.15, 0.2) is 24.4 Å². The smallest absolute Gasteiger partial charge is 0.204 e. The average Bonchev–Trinajstić information content (AvgIpc) is 1.90. The summed E-state index contributed by atoms with van der Waals surface area (Å²) < 4.78 is 0. The van der Waals surface area contributed by atoms with E-state index in [4.69, 9.17) is 0 Å². The molecule has 1 atom stereocenters. The van der Waals surface area contributed by atoms with Crippen LogP contribution in [0.3, 0.4) is 0 Å². The van der Waals surface area contributed by atoms with Gasteiger partial charge in [-0.25, -0.2) is 0 Å². The van der Waals surface area contributed by atoms with E-state index in [1.165, 1.54) is 0 Å². The molecule has 0 bridgehead atoms. The molecule has 40 valence electrons. The van der Waals surface area contributed by atoms with Crippen molar-refractivity contribution in [2.24, 2.45) is 0 Å². The van der Waals surface area contributed by atoms with Gasteiger partial charge in [0.25, 0.3) is 0 Å². The van der Waals surface area contributed by atoms with Crippen molar-refractivity contribution in [1.82, 2.24) is 4.98 Å². The molecule has 0 amide bonds. The second-order valence-electron chi connectivity index (χ2n) is 1.53. The molecule has 1 rings (SSSR count). The summed E-state index contributed by atoms with van der Waals surface area (Å²) in [6.07, 6.45) is 1.80. The molecule has 0 aliphatic carbocycles. The predicted octanol–water partition coefficient (Wildman–Crippen LogP) is -0.0665. The molecule has 0 aliphatic rings. The highest BCUT2D eigenvalue weighted by molar-refractivity contribution is 7.58. The molecule has 0 aromatic carbocycles. The summed E-state index contributed by atoms with van der Waals surface area (Å²) in [5.41, 5.74) is 1.12. The summed E-state index contributed by atoms with van der Waals surface area (Å²) in [5, 5.41) is 0. The quantitative estimate of drug-likeness (QED) is 0.376. The van der Waals surface area contributed by atoms with E-state index < -0.39 is 0 Å². The first-order chi connectivity index (χ1) is 3.93. The molecule has 0 fully saturated rings. The minimum absolute atomic E-state index is 0.945. The van der Waals surface area contributed by atoms with Crippen molar-refractivity contribution < 1.29 is 0 Å². The summed E-state index contributed by atoms with van der Waals surface area (Å²) in [6.45, 7) is 0.945. The number of hydrogen-bond donors (Lipinski definition) is 0. The molecule has 1 unspecified atom stereocenters. The summed E-state index contributed by atoms with van der Waals surface area (Å²) in [6, 6.07) is 5.92. The van der Waals surface area contributed by atoms with E-state index in [1.807, 2.05) is 18.2 Å². The normalized spacial score (nSPS) is 8.62. The van der Waals surface area contributed by atoms with Gasteiger partial charge in [-0.2, -0.15) is 9.12 Å². The number of nitrogens with zero attached hydrogens (tertiary/aromatic N) is 1. The van der Waals surface area contributed by atoms with E-state index in [0.717, 1.165) is 12.6 Å². The van der Waals surface area contributed by atoms with Crippen LogP contribution < -0.4 is 5.59 Å². The summed E-state index contributed by atoms with van der Waals surface area (Å²) in [4.78, 5) is 4.08. The SMILES string of the molecule is PBc1ccccn1. The fraction of sp³-hybridized carbons (Fsp3) is 0. The highest BCUT2D eigenvalue weighted by Gasteiger charge is 1.84. The van der Waals surface area contributed by atoms with Crippen LogP contribution in [0, 0.1) is 0 Å². The second-order valence-corrected chi connectivity index (χ2v) is 1.93. The fourth-order valence-corrected chi connectivity index (χ4v) is 0.760. The zero-order chi connectivity index (χ0) is 5.82. The Balaban J connectivity index is 2.83. The van der Waals surface area contributed by atoms with Crippen LogP contribution in [0.2, 0.25) is 0 Å². The zero-order valence-corrected chi connectivity index (χ0v) is 5.70. The molecule has 0 aliphatic heterocycles. The van der Waals surface area contributed by atoms with E-state index in [0.29, 0.717) is 0 Å². The van der Waals surface area contributed by atoms with Crippen LogP contribution in [0.1, 0.15) is 0 Å². The minimum atomic E-state index is 0.945. The van der Waals surface area contributed by atoms with Crippen LogP contribution >= 0.6 is 9.12 Å². The molecule has 8 heavy (non-hydrogen) atoms. The van der Waals surface area contributed by atoms with E-state index in [-0.39, 0.29) is 0 Å². The van der Waals surface area contributed by atoms with Gasteiger partial charge in [0.1, 0.15) is 0 Å². The van der Waals surface area contributed by atoms with Crippen molar-refractivity contribution in [1.29, 1.82) is 0 Å². The van der Waals surface area contributed by atoms with Crippen LogP contribution in [-0.4, -0.2) is 12.0 Å². The number of rotatable bonds is 1. The second kappa shape index (κ2) is 2.83.